The van der Waals surface area contributed by atoms with E-state index in [4.69, 9.17) is 21.1 Å². The molecule has 214 valence electrons. The molecular weight excluding hydrogens is 605 g/mol. The lowest BCUT2D eigenvalue weighted by Crippen LogP contribution is -2.32. The Morgan fingerprint density at radius 2 is 1.79 bits per heavy atom. The normalized spacial score (nSPS) is 19.3. The number of imide groups is 1. The van der Waals surface area contributed by atoms with Crippen LogP contribution in [0.3, 0.4) is 0 Å². The lowest BCUT2D eigenvalue weighted by atomic mass is 9.82. The summed E-state index contributed by atoms with van der Waals surface area (Å²) in [5.41, 5.74) is 1.25. The zero-order chi connectivity index (χ0) is 29.5. The number of rotatable bonds is 7. The van der Waals surface area contributed by atoms with Crippen LogP contribution < -0.4 is 24.6 Å². The smallest absolute Gasteiger partial charge is 0.305 e. The van der Waals surface area contributed by atoms with Gasteiger partial charge in [0.05, 0.1) is 23.7 Å². The fourth-order valence-electron chi connectivity index (χ4n) is 5.11. The number of H-pyrrole nitrogens is 1. The summed E-state index contributed by atoms with van der Waals surface area (Å²) in [5.74, 6) is -2.57. The molecule has 3 aromatic carbocycles. The molecule has 2 aliphatic heterocycles. The summed E-state index contributed by atoms with van der Waals surface area (Å²) in [6.45, 7) is -0.400. The number of fused-ring (bicyclic) bond motifs is 2. The number of hydrogen-bond acceptors (Lipinski definition) is 8. The highest BCUT2D eigenvalue weighted by Crippen LogP contribution is 2.54. The van der Waals surface area contributed by atoms with Crippen molar-refractivity contribution in [1.82, 2.24) is 4.98 Å². The van der Waals surface area contributed by atoms with Gasteiger partial charge in [0.1, 0.15) is 22.6 Å². The molecule has 2 aliphatic rings. The predicted octanol–water partition coefficient (Wildman–Crippen LogP) is 5.05. The summed E-state index contributed by atoms with van der Waals surface area (Å²) < 4.78 is 24.3. The van der Waals surface area contributed by atoms with Crippen LogP contribution in [-0.4, -0.2) is 41.7 Å². The van der Waals surface area contributed by atoms with Gasteiger partial charge in [-0.1, -0.05) is 34.7 Å². The van der Waals surface area contributed by atoms with Gasteiger partial charge in [0.25, 0.3) is 5.91 Å². The molecule has 4 aromatic rings. The van der Waals surface area contributed by atoms with E-state index in [0.29, 0.717) is 37.6 Å². The van der Waals surface area contributed by atoms with Crippen LogP contribution in [0.4, 0.5) is 15.8 Å². The van der Waals surface area contributed by atoms with Gasteiger partial charge in [-0.25, -0.2) is 9.29 Å². The van der Waals surface area contributed by atoms with Gasteiger partial charge >= 0.3 is 4.87 Å². The molecule has 1 aromatic heterocycles. The van der Waals surface area contributed by atoms with Crippen LogP contribution in [-0.2, 0) is 14.4 Å². The van der Waals surface area contributed by atoms with E-state index in [9.17, 15) is 23.6 Å². The molecule has 42 heavy (non-hydrogen) atoms. The van der Waals surface area contributed by atoms with E-state index in [1.165, 1.54) is 31.4 Å². The Hall–Kier alpha value is -4.13. The molecule has 1 saturated heterocycles. The maximum absolute atomic E-state index is 14.0. The molecule has 1 fully saturated rings. The monoisotopic (exact) mass is 625 g/mol. The molecule has 0 aliphatic carbocycles. The zero-order valence-corrected chi connectivity index (χ0v) is 24.1. The number of halogens is 2. The summed E-state index contributed by atoms with van der Waals surface area (Å²) in [5, 5.41) is 2.65. The van der Waals surface area contributed by atoms with Crippen LogP contribution in [0.15, 0.2) is 76.6 Å². The number of hydrogen-bond donors (Lipinski definition) is 2. The van der Waals surface area contributed by atoms with Crippen LogP contribution in [0, 0.1) is 11.7 Å². The number of thiazole rings is 1. The first kappa shape index (κ1) is 28.0. The maximum Gasteiger partial charge on any atom is 0.305 e. The second-order valence-electron chi connectivity index (χ2n) is 9.49. The largest absolute Gasteiger partial charge is 0.497 e. The van der Waals surface area contributed by atoms with Gasteiger partial charge in [0.15, 0.2) is 6.61 Å². The lowest BCUT2D eigenvalue weighted by Gasteiger charge is -2.31. The average Bonchev–Trinajstić information content (AvgIpc) is 3.47. The summed E-state index contributed by atoms with van der Waals surface area (Å²) >= 11 is 8.50. The van der Waals surface area contributed by atoms with Gasteiger partial charge in [-0.2, -0.15) is 0 Å². The molecule has 6 rings (SSSR count). The molecule has 3 atom stereocenters. The topological polar surface area (TPSA) is 118 Å². The Morgan fingerprint density at radius 3 is 2.50 bits per heavy atom. The Balaban J connectivity index is 1.35. The number of anilines is 2. The number of benzene rings is 3. The van der Waals surface area contributed by atoms with E-state index >= 15 is 0 Å². The van der Waals surface area contributed by atoms with Crippen LogP contribution >= 0.6 is 34.7 Å². The minimum Gasteiger partial charge on any atom is -0.497 e. The van der Waals surface area contributed by atoms with Crippen molar-refractivity contribution in [2.45, 2.75) is 16.2 Å². The second kappa shape index (κ2) is 11.3. The zero-order valence-electron chi connectivity index (χ0n) is 21.8. The van der Waals surface area contributed by atoms with Gasteiger partial charge in [0.2, 0.25) is 11.8 Å². The minimum atomic E-state index is -0.877. The van der Waals surface area contributed by atoms with Crippen molar-refractivity contribution in [3.63, 3.8) is 0 Å². The summed E-state index contributed by atoms with van der Waals surface area (Å²) in [6, 6.07) is 16.7. The van der Waals surface area contributed by atoms with Crippen LogP contribution in [0.25, 0.3) is 0 Å². The van der Waals surface area contributed by atoms with Crippen LogP contribution in [0.1, 0.15) is 16.4 Å². The number of amides is 3. The van der Waals surface area contributed by atoms with Crippen molar-refractivity contribution in [1.29, 1.82) is 0 Å². The average molecular weight is 626 g/mol. The standard InChI is InChI=1S/C29H21ClFN3O6S2/c1-39-18-9-7-17(8-10-18)34-27(36)23-22(24-26(33-29(38)42-24)41-25(23)28(34)37)19-12-14(30)2-11-20(19)40-13-21(35)32-16-5-3-15(31)4-6-16/h2-12,22-23,25H,13H2,1H3,(H,32,35)(H,33,38)/t22-,23?,25?/m1/s1. The minimum absolute atomic E-state index is 0.263. The molecule has 9 nitrogen and oxygen atoms in total. The highest BCUT2D eigenvalue weighted by atomic mass is 35.5. The van der Waals surface area contributed by atoms with Crippen molar-refractivity contribution in [2.75, 3.05) is 23.9 Å². The molecule has 0 saturated carbocycles. The number of methoxy groups -OCH3 is 1. The van der Waals surface area contributed by atoms with Crippen molar-refractivity contribution in [3.8, 4) is 11.5 Å². The Morgan fingerprint density at radius 1 is 1.05 bits per heavy atom. The van der Waals surface area contributed by atoms with E-state index in [0.717, 1.165) is 28.0 Å². The number of aromatic amines is 1. The number of aromatic nitrogens is 1. The first-order valence-electron chi connectivity index (χ1n) is 12.6. The lowest BCUT2D eigenvalue weighted by molar-refractivity contribution is -0.122. The van der Waals surface area contributed by atoms with Crippen molar-refractivity contribution in [3.05, 3.63) is 97.7 Å². The number of carbonyl (C=O) groups is 3. The summed E-state index contributed by atoms with van der Waals surface area (Å²) in [7, 11) is 1.52. The third kappa shape index (κ3) is 5.17. The number of ether oxygens (including phenoxy) is 2. The molecule has 3 heterocycles. The predicted molar refractivity (Wildman–Crippen MR) is 157 cm³/mol. The molecule has 13 heteroatoms. The van der Waals surface area contributed by atoms with E-state index in [1.54, 1.807) is 42.5 Å². The van der Waals surface area contributed by atoms with E-state index in [1.807, 2.05) is 0 Å². The Kier molecular flexibility index (Phi) is 7.52. The van der Waals surface area contributed by atoms with Gasteiger partial charge in [0, 0.05) is 27.1 Å². The van der Waals surface area contributed by atoms with Crippen molar-refractivity contribution >= 4 is 63.8 Å². The quantitative estimate of drug-likeness (QED) is 0.276. The van der Waals surface area contributed by atoms with E-state index in [-0.39, 0.29) is 10.6 Å². The first-order chi connectivity index (χ1) is 20.2. The second-order valence-corrected chi connectivity index (χ2v) is 12.1. The number of nitrogens with zero attached hydrogens (tertiary/aromatic N) is 1. The van der Waals surface area contributed by atoms with Crippen LogP contribution in [0.5, 0.6) is 11.5 Å². The number of carbonyl (C=O) groups excluding carboxylic acids is 3. The molecule has 3 amide bonds. The first-order valence-corrected chi connectivity index (χ1v) is 14.7. The molecule has 0 spiro atoms. The highest BCUT2D eigenvalue weighted by molar-refractivity contribution is 8.00. The molecule has 0 bridgehead atoms. The molecule has 2 N–H and O–H groups in total. The SMILES string of the molecule is COc1ccc(N2C(=O)C3Sc4[nH]c(=O)sc4[C@H](c4cc(Cl)ccc4OCC(=O)Nc4ccc(F)cc4)C3C2=O)cc1. The van der Waals surface area contributed by atoms with Crippen LogP contribution in [0.2, 0.25) is 5.02 Å². The summed E-state index contributed by atoms with van der Waals surface area (Å²) in [4.78, 5) is 57.0. The Bertz CT molecular complexity index is 1760. The third-order valence-electron chi connectivity index (χ3n) is 6.95. The highest BCUT2D eigenvalue weighted by Gasteiger charge is 2.56. The third-order valence-corrected chi connectivity index (χ3v) is 9.58. The molecule has 0 radical (unpaired) electrons. The van der Waals surface area contributed by atoms with Gasteiger partial charge in [-0.3, -0.25) is 19.2 Å². The van der Waals surface area contributed by atoms with E-state index in [2.05, 4.69) is 10.3 Å². The number of nitrogens with one attached hydrogen (secondary N) is 2. The summed E-state index contributed by atoms with van der Waals surface area (Å²) in [6.07, 6.45) is 0. The maximum atomic E-state index is 14.0. The Labute approximate surface area is 251 Å². The van der Waals surface area contributed by atoms with Crippen molar-refractivity contribution < 1.29 is 28.2 Å². The van der Waals surface area contributed by atoms with Gasteiger partial charge < -0.3 is 19.8 Å². The number of thioether (sulfide) groups is 1. The van der Waals surface area contributed by atoms with Crippen molar-refractivity contribution in [2.24, 2.45) is 5.92 Å². The molecule has 2 unspecified atom stereocenters. The van der Waals surface area contributed by atoms with Gasteiger partial charge in [-0.15, -0.1) is 0 Å². The molecular formula is C29H21ClFN3O6S2. The fourth-order valence-corrected chi connectivity index (χ4v) is 7.79. The van der Waals surface area contributed by atoms with Gasteiger partial charge in [-0.05, 0) is 66.7 Å². The fraction of sp³-hybridized carbons (Fsp3) is 0.172. The van der Waals surface area contributed by atoms with E-state index < -0.39 is 47.2 Å².